The number of aromatic nitrogens is 1. The monoisotopic (exact) mass is 408 g/mol. The molecule has 2 heterocycles. The van der Waals surface area contributed by atoms with Crippen LogP contribution in [-0.2, 0) is 0 Å². The summed E-state index contributed by atoms with van der Waals surface area (Å²) < 4.78 is 16.0. The molecule has 0 bridgehead atoms. The fraction of sp³-hybridized carbons (Fsp3) is 0.480. The van der Waals surface area contributed by atoms with Crippen molar-refractivity contribution < 1.29 is 4.39 Å². The van der Waals surface area contributed by atoms with Crippen LogP contribution in [0.1, 0.15) is 37.8 Å². The predicted octanol–water partition coefficient (Wildman–Crippen LogP) is 6.31. The Hall–Kier alpha value is -1.65. The van der Waals surface area contributed by atoms with Crippen LogP contribution in [0.25, 0.3) is 17.2 Å². The van der Waals surface area contributed by atoms with Gasteiger partial charge in [-0.2, -0.15) is 0 Å². The summed E-state index contributed by atoms with van der Waals surface area (Å²) in [4.78, 5) is 4.65. The van der Waals surface area contributed by atoms with Crippen LogP contribution in [0.2, 0.25) is 0 Å². The number of halogens is 1. The standard InChI is InChI=1S/C25H29FN2S/c1-28-25-14-18-5-2-3-8-22(18)23(24(25)16-29-28)12-11-21-10-9-19(15-27-21)17-6-4-7-20(26)13-17/h4,6-7,9-13,15,18,22-25H,2-3,5,8,14,16H2,1H3/b12-11+/t18?,22?,23?,24-,25+/m1/s1. The first kappa shape index (κ1) is 19.3. The summed E-state index contributed by atoms with van der Waals surface area (Å²) in [5.41, 5.74) is 2.83. The number of benzene rings is 1. The van der Waals surface area contributed by atoms with Gasteiger partial charge in [0.25, 0.3) is 0 Å². The Labute approximate surface area is 177 Å². The highest BCUT2D eigenvalue weighted by Crippen LogP contribution is 2.52. The number of allylic oxidation sites excluding steroid dienone is 1. The minimum Gasteiger partial charge on any atom is -0.256 e. The lowest BCUT2D eigenvalue weighted by molar-refractivity contribution is 0.0536. The van der Waals surface area contributed by atoms with Crippen molar-refractivity contribution in [1.82, 2.24) is 9.29 Å². The summed E-state index contributed by atoms with van der Waals surface area (Å²) >= 11 is 2.03. The Bertz CT molecular complexity index is 877. The van der Waals surface area contributed by atoms with E-state index >= 15 is 0 Å². The van der Waals surface area contributed by atoms with E-state index in [1.54, 1.807) is 12.1 Å². The summed E-state index contributed by atoms with van der Waals surface area (Å²) in [6, 6.07) is 11.6. The molecule has 0 N–H and O–H groups in total. The lowest BCUT2D eigenvalue weighted by atomic mass is 9.60. The van der Waals surface area contributed by atoms with Gasteiger partial charge in [0.1, 0.15) is 5.82 Å². The van der Waals surface area contributed by atoms with Crippen molar-refractivity contribution >= 4 is 18.0 Å². The molecule has 3 unspecified atom stereocenters. The minimum absolute atomic E-state index is 0.209. The molecule has 4 heteroatoms. The average molecular weight is 409 g/mol. The van der Waals surface area contributed by atoms with Gasteiger partial charge < -0.3 is 0 Å². The van der Waals surface area contributed by atoms with E-state index in [-0.39, 0.29) is 5.82 Å². The van der Waals surface area contributed by atoms with E-state index in [2.05, 4.69) is 34.6 Å². The van der Waals surface area contributed by atoms with Gasteiger partial charge in [0, 0.05) is 23.6 Å². The fourth-order valence-electron chi connectivity index (χ4n) is 5.87. The first-order valence-electron chi connectivity index (χ1n) is 10.9. The summed E-state index contributed by atoms with van der Waals surface area (Å²) in [5, 5.41) is 0. The third-order valence-corrected chi connectivity index (χ3v) is 8.58. The maximum atomic E-state index is 13.5. The number of rotatable bonds is 3. The quantitative estimate of drug-likeness (QED) is 0.554. The Kier molecular flexibility index (Phi) is 5.49. The lowest BCUT2D eigenvalue weighted by Crippen LogP contribution is -2.45. The molecule has 0 spiro atoms. The van der Waals surface area contributed by atoms with Crippen LogP contribution in [0.4, 0.5) is 4.39 Å². The largest absolute Gasteiger partial charge is 0.256 e. The van der Waals surface area contributed by atoms with Gasteiger partial charge >= 0.3 is 0 Å². The zero-order valence-corrected chi connectivity index (χ0v) is 17.8. The molecule has 3 fully saturated rings. The number of fused-ring (bicyclic) bond motifs is 2. The highest BCUT2D eigenvalue weighted by atomic mass is 32.2. The number of nitrogens with zero attached hydrogens (tertiary/aromatic N) is 2. The van der Waals surface area contributed by atoms with Crippen LogP contribution < -0.4 is 0 Å². The van der Waals surface area contributed by atoms with Crippen molar-refractivity contribution in [2.75, 3.05) is 12.8 Å². The van der Waals surface area contributed by atoms with Crippen molar-refractivity contribution in [3.05, 3.63) is 60.2 Å². The van der Waals surface area contributed by atoms with Gasteiger partial charge in [0.15, 0.2) is 0 Å². The van der Waals surface area contributed by atoms with Crippen LogP contribution >= 0.6 is 11.9 Å². The topological polar surface area (TPSA) is 16.1 Å². The third-order valence-electron chi connectivity index (χ3n) is 7.37. The molecule has 2 saturated carbocycles. The Balaban J connectivity index is 1.36. The minimum atomic E-state index is -0.209. The van der Waals surface area contributed by atoms with Gasteiger partial charge in [0.2, 0.25) is 0 Å². The fourth-order valence-corrected chi connectivity index (χ4v) is 7.16. The van der Waals surface area contributed by atoms with Gasteiger partial charge in [-0.25, -0.2) is 4.39 Å². The van der Waals surface area contributed by atoms with E-state index < -0.39 is 0 Å². The van der Waals surface area contributed by atoms with E-state index in [0.717, 1.165) is 40.6 Å². The molecule has 3 aliphatic rings. The van der Waals surface area contributed by atoms with Gasteiger partial charge in [-0.3, -0.25) is 9.29 Å². The number of pyridine rings is 1. The molecule has 152 valence electrons. The van der Waals surface area contributed by atoms with Crippen molar-refractivity contribution in [3.63, 3.8) is 0 Å². The second kappa shape index (κ2) is 8.23. The van der Waals surface area contributed by atoms with Crippen molar-refractivity contribution in [1.29, 1.82) is 0 Å². The molecular weight excluding hydrogens is 379 g/mol. The molecule has 2 aromatic rings. The summed E-state index contributed by atoms with van der Waals surface area (Å²) in [7, 11) is 2.28. The summed E-state index contributed by atoms with van der Waals surface area (Å²) in [6.45, 7) is 0. The second-order valence-corrected chi connectivity index (χ2v) is 10.1. The molecule has 2 aliphatic carbocycles. The summed E-state index contributed by atoms with van der Waals surface area (Å²) in [6.07, 6.45) is 13.6. The first-order valence-corrected chi connectivity index (χ1v) is 11.9. The van der Waals surface area contributed by atoms with Gasteiger partial charge in [-0.1, -0.05) is 55.5 Å². The Morgan fingerprint density at radius 3 is 2.83 bits per heavy atom. The molecule has 0 amide bonds. The molecule has 0 radical (unpaired) electrons. The highest BCUT2D eigenvalue weighted by molar-refractivity contribution is 7.97. The SMILES string of the molecule is CN1SC[C@@H]2C(/C=C/c3ccc(-c4cccc(F)c4)cn3)C3CCCCC3C[C@@H]21. The molecule has 1 aromatic carbocycles. The number of hydrogen-bond donors (Lipinski definition) is 0. The van der Waals surface area contributed by atoms with Crippen LogP contribution in [0.3, 0.4) is 0 Å². The van der Waals surface area contributed by atoms with E-state index in [4.69, 9.17) is 0 Å². The van der Waals surface area contributed by atoms with E-state index in [1.807, 2.05) is 30.3 Å². The van der Waals surface area contributed by atoms with Crippen molar-refractivity contribution in [3.8, 4) is 11.1 Å². The molecule has 1 aliphatic heterocycles. The lowest BCUT2D eigenvalue weighted by Gasteiger charge is -2.47. The molecule has 5 atom stereocenters. The third kappa shape index (κ3) is 3.89. The predicted molar refractivity (Wildman–Crippen MR) is 120 cm³/mol. The normalized spacial score (nSPS) is 32.3. The Morgan fingerprint density at radius 1 is 1.10 bits per heavy atom. The van der Waals surface area contributed by atoms with E-state index in [0.29, 0.717) is 5.92 Å². The molecule has 5 rings (SSSR count). The maximum absolute atomic E-state index is 13.5. The Morgan fingerprint density at radius 2 is 2.00 bits per heavy atom. The molecule has 1 aromatic heterocycles. The maximum Gasteiger partial charge on any atom is 0.123 e. The van der Waals surface area contributed by atoms with Crippen LogP contribution in [0.5, 0.6) is 0 Å². The zero-order chi connectivity index (χ0) is 19.8. The second-order valence-electron chi connectivity index (χ2n) is 8.94. The average Bonchev–Trinajstić information content (AvgIpc) is 3.12. The molecule has 29 heavy (non-hydrogen) atoms. The smallest absolute Gasteiger partial charge is 0.123 e. The van der Waals surface area contributed by atoms with Crippen molar-refractivity contribution in [2.24, 2.45) is 23.7 Å². The molecule has 2 nitrogen and oxygen atoms in total. The highest BCUT2D eigenvalue weighted by Gasteiger charge is 2.48. The van der Waals surface area contributed by atoms with Crippen LogP contribution in [-0.4, -0.2) is 28.1 Å². The van der Waals surface area contributed by atoms with Gasteiger partial charge in [-0.15, -0.1) is 0 Å². The van der Waals surface area contributed by atoms with Crippen LogP contribution in [0.15, 0.2) is 48.7 Å². The van der Waals surface area contributed by atoms with E-state index in [9.17, 15) is 4.39 Å². The molecular formula is C25H29FN2S. The first-order chi connectivity index (χ1) is 14.2. The zero-order valence-electron chi connectivity index (χ0n) is 17.0. The summed E-state index contributed by atoms with van der Waals surface area (Å²) in [5.74, 6) is 4.22. The molecule has 1 saturated heterocycles. The van der Waals surface area contributed by atoms with Crippen molar-refractivity contribution in [2.45, 2.75) is 38.1 Å². The van der Waals surface area contributed by atoms with Gasteiger partial charge in [-0.05, 0) is 73.4 Å². The van der Waals surface area contributed by atoms with Gasteiger partial charge in [0.05, 0.1) is 5.69 Å². The van der Waals surface area contributed by atoms with E-state index in [1.165, 1.54) is 43.9 Å². The number of hydrogen-bond acceptors (Lipinski definition) is 3. The van der Waals surface area contributed by atoms with Crippen LogP contribution in [0, 0.1) is 29.5 Å².